The van der Waals surface area contributed by atoms with Gasteiger partial charge < -0.3 is 15.1 Å². The van der Waals surface area contributed by atoms with E-state index in [1.807, 2.05) is 24.3 Å². The molecule has 3 aromatic rings. The van der Waals surface area contributed by atoms with E-state index in [-0.39, 0.29) is 17.9 Å². The van der Waals surface area contributed by atoms with Gasteiger partial charge in [-0.2, -0.15) is 0 Å². The second kappa shape index (κ2) is 11.6. The van der Waals surface area contributed by atoms with Crippen molar-refractivity contribution in [3.63, 3.8) is 0 Å². The molecule has 2 amide bonds. The number of likely N-dealkylation sites (tertiary alicyclic amines) is 1. The lowest BCUT2D eigenvalue weighted by Gasteiger charge is -2.39. The lowest BCUT2D eigenvalue weighted by Crippen LogP contribution is -2.45. The lowest BCUT2D eigenvalue weighted by atomic mass is 9.70. The van der Waals surface area contributed by atoms with E-state index in [0.717, 1.165) is 79.4 Å². The zero-order chi connectivity index (χ0) is 28.4. The highest BCUT2D eigenvalue weighted by molar-refractivity contribution is 6.14. The van der Waals surface area contributed by atoms with Gasteiger partial charge in [0.25, 0.3) is 5.91 Å². The molecule has 3 aliphatic rings. The molecule has 5 heteroatoms. The van der Waals surface area contributed by atoms with Crippen LogP contribution in [0.1, 0.15) is 85.0 Å². The number of hydrogen-bond acceptors (Lipinski definition) is 3. The molecule has 1 N–H and O–H groups in total. The SMILES string of the molecule is CCCCC1(C(=O)NCCC)C(c2ccccc2)=C(N2CCC(N3Cc4ccccc4C3=O)CC2)c2ccccc21. The topological polar surface area (TPSA) is 52.7 Å². The predicted octanol–water partition coefficient (Wildman–Crippen LogP) is 6.64. The molecule has 3 aromatic carbocycles. The average molecular weight is 548 g/mol. The van der Waals surface area contributed by atoms with Crippen molar-refractivity contribution >= 4 is 23.1 Å². The smallest absolute Gasteiger partial charge is 0.254 e. The number of piperidine rings is 1. The van der Waals surface area contributed by atoms with Crippen molar-refractivity contribution in [2.45, 2.75) is 70.4 Å². The Morgan fingerprint density at radius 3 is 2.27 bits per heavy atom. The van der Waals surface area contributed by atoms with E-state index in [1.165, 1.54) is 11.3 Å². The minimum atomic E-state index is -0.734. The number of rotatable bonds is 9. The summed E-state index contributed by atoms with van der Waals surface area (Å²) in [6, 6.07) is 27.4. The summed E-state index contributed by atoms with van der Waals surface area (Å²) < 4.78 is 0. The molecular formula is C36H41N3O2. The summed E-state index contributed by atoms with van der Waals surface area (Å²) in [6.07, 6.45) is 5.51. The molecule has 41 heavy (non-hydrogen) atoms. The predicted molar refractivity (Wildman–Crippen MR) is 165 cm³/mol. The maximum atomic E-state index is 14.4. The van der Waals surface area contributed by atoms with Crippen molar-refractivity contribution < 1.29 is 9.59 Å². The lowest BCUT2D eigenvalue weighted by molar-refractivity contribution is -0.125. The molecule has 6 rings (SSSR count). The second-order valence-electron chi connectivity index (χ2n) is 11.7. The first kappa shape index (κ1) is 27.3. The van der Waals surface area contributed by atoms with Crippen LogP contribution in [-0.4, -0.2) is 47.3 Å². The molecule has 5 nitrogen and oxygen atoms in total. The molecule has 0 bridgehead atoms. The standard InChI is InChI=1S/C36H41N3O2/c1-3-5-21-36(35(41)37-22-4-2)31-18-12-11-17-30(31)33(32(36)26-13-7-6-8-14-26)38-23-19-28(20-24-38)39-25-27-15-9-10-16-29(27)34(39)40/h6-18,28H,3-5,19-25H2,1-2H3,(H,37,41). The fraction of sp³-hybridized carbons (Fsp3) is 0.389. The molecule has 2 aliphatic heterocycles. The van der Waals surface area contributed by atoms with E-state index >= 15 is 0 Å². The Labute approximate surface area is 244 Å². The van der Waals surface area contributed by atoms with E-state index in [9.17, 15) is 9.59 Å². The van der Waals surface area contributed by atoms with Crippen molar-refractivity contribution in [2.75, 3.05) is 19.6 Å². The Morgan fingerprint density at radius 2 is 1.56 bits per heavy atom. The highest BCUT2D eigenvalue weighted by Gasteiger charge is 2.52. The minimum absolute atomic E-state index is 0.115. The number of unbranched alkanes of at least 4 members (excludes halogenated alkanes) is 1. The van der Waals surface area contributed by atoms with Crippen molar-refractivity contribution in [1.29, 1.82) is 0 Å². The van der Waals surface area contributed by atoms with Gasteiger partial charge in [-0.1, -0.05) is 99.5 Å². The Balaban J connectivity index is 1.40. The Hall–Kier alpha value is -3.86. The Bertz CT molecular complexity index is 1450. The first-order chi connectivity index (χ1) is 20.1. The highest BCUT2D eigenvalue weighted by Crippen LogP contribution is 2.55. The van der Waals surface area contributed by atoms with Crippen LogP contribution in [0.3, 0.4) is 0 Å². The molecule has 0 saturated carbocycles. The van der Waals surface area contributed by atoms with Crippen LogP contribution < -0.4 is 5.32 Å². The molecule has 0 spiro atoms. The largest absolute Gasteiger partial charge is 0.371 e. The van der Waals surface area contributed by atoms with Crippen LogP contribution in [0.5, 0.6) is 0 Å². The van der Waals surface area contributed by atoms with Crippen molar-refractivity contribution in [1.82, 2.24) is 15.1 Å². The van der Waals surface area contributed by atoms with Crippen molar-refractivity contribution in [3.8, 4) is 0 Å². The second-order valence-corrected chi connectivity index (χ2v) is 11.7. The molecule has 0 radical (unpaired) electrons. The van der Waals surface area contributed by atoms with Gasteiger partial charge in [-0.25, -0.2) is 0 Å². The van der Waals surface area contributed by atoms with E-state index in [4.69, 9.17) is 0 Å². The van der Waals surface area contributed by atoms with Gasteiger partial charge in [-0.3, -0.25) is 9.59 Å². The van der Waals surface area contributed by atoms with Crippen molar-refractivity contribution in [2.24, 2.45) is 0 Å². The van der Waals surface area contributed by atoms with E-state index < -0.39 is 5.41 Å². The van der Waals surface area contributed by atoms with Crippen LogP contribution in [0.2, 0.25) is 0 Å². The molecule has 1 unspecified atom stereocenters. The quantitative estimate of drug-likeness (QED) is 0.327. The maximum Gasteiger partial charge on any atom is 0.254 e. The number of amides is 2. The molecular weight excluding hydrogens is 506 g/mol. The fourth-order valence-electron chi connectivity index (χ4n) is 7.26. The molecule has 212 valence electrons. The van der Waals surface area contributed by atoms with Gasteiger partial charge in [0, 0.05) is 54.6 Å². The average Bonchev–Trinajstić information content (AvgIpc) is 3.52. The van der Waals surface area contributed by atoms with Gasteiger partial charge in [-0.05, 0) is 48.4 Å². The molecule has 1 aliphatic carbocycles. The molecule has 1 saturated heterocycles. The van der Waals surface area contributed by atoms with Crippen molar-refractivity contribution in [3.05, 3.63) is 107 Å². The number of nitrogens with zero attached hydrogens (tertiary/aromatic N) is 2. The van der Waals surface area contributed by atoms with Gasteiger partial charge >= 0.3 is 0 Å². The third-order valence-corrected chi connectivity index (χ3v) is 9.27. The number of nitrogens with one attached hydrogen (secondary N) is 1. The summed E-state index contributed by atoms with van der Waals surface area (Å²) in [7, 11) is 0. The van der Waals surface area contributed by atoms with Crippen LogP contribution >= 0.6 is 0 Å². The molecule has 1 fully saturated rings. The van der Waals surface area contributed by atoms with Crippen LogP contribution in [0, 0.1) is 0 Å². The van der Waals surface area contributed by atoms with Crippen LogP contribution in [0.15, 0.2) is 78.9 Å². The molecule has 0 aromatic heterocycles. The van der Waals surface area contributed by atoms with Gasteiger partial charge in [0.1, 0.15) is 5.41 Å². The third-order valence-electron chi connectivity index (χ3n) is 9.27. The summed E-state index contributed by atoms with van der Waals surface area (Å²) >= 11 is 0. The number of carbonyl (C=O) groups is 2. The number of carbonyl (C=O) groups excluding carboxylic acids is 2. The van der Waals surface area contributed by atoms with Gasteiger partial charge in [0.2, 0.25) is 5.91 Å². The van der Waals surface area contributed by atoms with Crippen LogP contribution in [0.25, 0.3) is 11.3 Å². The Morgan fingerprint density at radius 1 is 0.878 bits per heavy atom. The molecule has 1 atom stereocenters. The first-order valence-electron chi connectivity index (χ1n) is 15.4. The van der Waals surface area contributed by atoms with Crippen LogP contribution in [0.4, 0.5) is 0 Å². The number of fused-ring (bicyclic) bond motifs is 2. The maximum absolute atomic E-state index is 14.4. The first-order valence-corrected chi connectivity index (χ1v) is 15.4. The zero-order valence-corrected chi connectivity index (χ0v) is 24.4. The summed E-state index contributed by atoms with van der Waals surface area (Å²) in [5.41, 5.74) is 7.02. The summed E-state index contributed by atoms with van der Waals surface area (Å²) in [5.74, 6) is 0.282. The Kier molecular flexibility index (Phi) is 7.70. The van der Waals surface area contributed by atoms with E-state index in [1.54, 1.807) is 0 Å². The van der Waals surface area contributed by atoms with Gasteiger partial charge in [-0.15, -0.1) is 0 Å². The van der Waals surface area contributed by atoms with Crippen LogP contribution in [-0.2, 0) is 16.8 Å². The fourth-order valence-corrected chi connectivity index (χ4v) is 7.26. The summed E-state index contributed by atoms with van der Waals surface area (Å²) in [5, 5.41) is 3.31. The summed E-state index contributed by atoms with van der Waals surface area (Å²) in [4.78, 5) is 32.2. The number of benzene rings is 3. The third kappa shape index (κ3) is 4.65. The number of hydrogen-bond donors (Lipinski definition) is 1. The normalized spacial score (nSPS) is 20.4. The highest BCUT2D eigenvalue weighted by atomic mass is 16.2. The van der Waals surface area contributed by atoms with Gasteiger partial charge in [0.05, 0.1) is 0 Å². The monoisotopic (exact) mass is 547 g/mol. The van der Waals surface area contributed by atoms with Gasteiger partial charge in [0.15, 0.2) is 0 Å². The zero-order valence-electron chi connectivity index (χ0n) is 24.4. The molecule has 2 heterocycles. The van der Waals surface area contributed by atoms with E-state index in [2.05, 4.69) is 83.6 Å². The minimum Gasteiger partial charge on any atom is -0.371 e. The van der Waals surface area contributed by atoms with E-state index in [0.29, 0.717) is 13.1 Å². The summed E-state index contributed by atoms with van der Waals surface area (Å²) in [6.45, 7) is 7.39.